The molecule has 0 amide bonds. The Hall–Kier alpha value is -1.83. The van der Waals surface area contributed by atoms with Crippen molar-refractivity contribution in [3.05, 3.63) is 84.9 Å². The molecule has 158 valence electrons. The topological polar surface area (TPSA) is 9.23 Å². The number of hydrogen-bond acceptors (Lipinski definition) is 2. The van der Waals surface area contributed by atoms with Crippen molar-refractivity contribution in [3.8, 4) is 5.75 Å². The molecule has 0 heterocycles. The predicted molar refractivity (Wildman–Crippen MR) is 110 cm³/mol. The van der Waals surface area contributed by atoms with Gasteiger partial charge in [-0.2, -0.15) is 0 Å². The molecule has 3 rings (SSSR count). The van der Waals surface area contributed by atoms with Crippen molar-refractivity contribution in [3.63, 3.8) is 0 Å². The first-order valence-electron chi connectivity index (χ1n) is 8.08. The normalized spacial score (nSPS) is 13.7. The van der Waals surface area contributed by atoms with Crippen LogP contribution in [-0.2, 0) is 10.9 Å². The standard InChI is InChI=1S/C19H16OS2.F6P/c21-15-20-16-11-13-19(14-12-16)22(17-7-3-1-4-8-17)18-9-5-2-6-10-18;1-7(2,3,4,5)6/h1-14H,15H2;/q;-1/p+1. The number of ether oxygens (including phenoxy) is 1. The summed E-state index contributed by atoms with van der Waals surface area (Å²) in [4.78, 5) is 3.91. The average Bonchev–Trinajstić information content (AvgIpc) is 2.63. The van der Waals surface area contributed by atoms with Crippen LogP contribution in [0.5, 0.6) is 5.75 Å². The van der Waals surface area contributed by atoms with Crippen LogP contribution in [0.3, 0.4) is 0 Å². The molecular weight excluding hydrogens is 453 g/mol. The summed E-state index contributed by atoms with van der Waals surface area (Å²) in [6.07, 6.45) is 0. The Morgan fingerprint density at radius 1 is 0.621 bits per heavy atom. The smallest absolute Gasteiger partial charge is 0.166 e. The minimum atomic E-state index is -10.7. The van der Waals surface area contributed by atoms with Crippen molar-refractivity contribution >= 4 is 31.3 Å². The van der Waals surface area contributed by atoms with Crippen LogP contribution in [0, 0.1) is 0 Å². The summed E-state index contributed by atoms with van der Waals surface area (Å²) in [5.74, 6) is 1.24. The van der Waals surface area contributed by atoms with Gasteiger partial charge in [-0.25, -0.2) is 0 Å². The fraction of sp³-hybridized carbons (Fsp3) is 0.0526. The van der Waals surface area contributed by atoms with E-state index in [1.54, 1.807) is 0 Å². The molecule has 3 aromatic carbocycles. The van der Waals surface area contributed by atoms with Gasteiger partial charge in [0.05, 0.1) is 10.9 Å². The number of benzene rings is 3. The minimum absolute atomic E-state index is 0.101. The van der Waals surface area contributed by atoms with Crippen LogP contribution in [0.4, 0.5) is 25.2 Å². The van der Waals surface area contributed by atoms with E-state index >= 15 is 0 Å². The fourth-order valence-electron chi connectivity index (χ4n) is 2.27. The molecule has 0 N–H and O–H groups in total. The molecule has 0 aliphatic carbocycles. The maximum atomic E-state index is 9.87. The van der Waals surface area contributed by atoms with Gasteiger partial charge in [-0.05, 0) is 48.5 Å². The molecule has 0 saturated heterocycles. The zero-order valence-corrected chi connectivity index (χ0v) is 17.4. The van der Waals surface area contributed by atoms with Crippen molar-refractivity contribution in [2.24, 2.45) is 0 Å². The molecule has 0 bridgehead atoms. The number of hydrogen-bond donors (Lipinski definition) is 1. The molecule has 0 aliphatic rings. The van der Waals surface area contributed by atoms with Gasteiger partial charge in [0.15, 0.2) is 14.7 Å². The van der Waals surface area contributed by atoms with Crippen LogP contribution in [-0.4, -0.2) is 5.94 Å². The van der Waals surface area contributed by atoms with Crippen LogP contribution in [0.2, 0.25) is 0 Å². The van der Waals surface area contributed by atoms with E-state index in [0.29, 0.717) is 5.94 Å². The third kappa shape index (κ3) is 9.96. The summed E-state index contributed by atoms with van der Waals surface area (Å²) < 4.78 is 64.6. The van der Waals surface area contributed by atoms with Crippen LogP contribution in [0.15, 0.2) is 99.6 Å². The summed E-state index contributed by atoms with van der Waals surface area (Å²) in [7, 11) is -10.8. The molecule has 0 aromatic heterocycles. The van der Waals surface area contributed by atoms with Gasteiger partial charge in [0.25, 0.3) is 0 Å². The molecule has 29 heavy (non-hydrogen) atoms. The van der Waals surface area contributed by atoms with Crippen LogP contribution >= 0.6 is 20.4 Å². The van der Waals surface area contributed by atoms with Crippen molar-refractivity contribution in [1.29, 1.82) is 0 Å². The van der Waals surface area contributed by atoms with E-state index in [1.807, 2.05) is 12.1 Å². The third-order valence-electron chi connectivity index (χ3n) is 3.25. The quantitative estimate of drug-likeness (QED) is 0.129. The van der Waals surface area contributed by atoms with Crippen LogP contribution in [0.25, 0.3) is 0 Å². The molecule has 3 aromatic rings. The molecule has 0 radical (unpaired) electrons. The second kappa shape index (κ2) is 8.50. The first-order valence-corrected chi connectivity index (χ1v) is 12.0. The SMILES string of the molecule is F[P-](F)(F)(F)(F)F.SCOc1ccc([S+](c2ccccc2)c2ccccc2)cc1. The van der Waals surface area contributed by atoms with Crippen molar-refractivity contribution in [2.75, 3.05) is 5.94 Å². The van der Waals surface area contributed by atoms with Crippen molar-refractivity contribution in [1.82, 2.24) is 0 Å². The first kappa shape index (κ1) is 23.4. The second-order valence-corrected chi connectivity index (χ2v) is 9.84. The second-order valence-electron chi connectivity index (χ2n) is 5.64. The van der Waals surface area contributed by atoms with E-state index in [4.69, 9.17) is 4.74 Å². The van der Waals surface area contributed by atoms with Crippen molar-refractivity contribution in [2.45, 2.75) is 14.7 Å². The predicted octanol–water partition coefficient (Wildman–Crippen LogP) is 8.43. The van der Waals surface area contributed by atoms with Crippen LogP contribution in [0.1, 0.15) is 0 Å². The zero-order valence-electron chi connectivity index (χ0n) is 14.8. The Bertz CT molecular complexity index is 854. The van der Waals surface area contributed by atoms with E-state index < -0.39 is 7.81 Å². The van der Waals surface area contributed by atoms with E-state index in [0.717, 1.165) is 5.75 Å². The Morgan fingerprint density at radius 2 is 0.966 bits per heavy atom. The minimum Gasteiger partial charge on any atom is -0.483 e. The van der Waals surface area contributed by atoms with Crippen molar-refractivity contribution < 1.29 is 29.9 Å². The first-order chi connectivity index (χ1) is 13.3. The Morgan fingerprint density at radius 3 is 1.31 bits per heavy atom. The largest absolute Gasteiger partial charge is 0.483 e. The van der Waals surface area contributed by atoms with Gasteiger partial charge < -0.3 is 4.74 Å². The summed E-state index contributed by atoms with van der Waals surface area (Å²) >= 11 is 4.09. The van der Waals surface area contributed by atoms with Gasteiger partial charge in [-0.3, -0.25) is 0 Å². The van der Waals surface area contributed by atoms with E-state index in [1.165, 1.54) is 14.7 Å². The maximum absolute atomic E-state index is 10.7. The van der Waals surface area contributed by atoms with Crippen LogP contribution < -0.4 is 4.74 Å². The third-order valence-corrected chi connectivity index (χ3v) is 5.61. The van der Waals surface area contributed by atoms with Gasteiger partial charge in [0, 0.05) is 0 Å². The molecule has 1 nitrogen and oxygen atoms in total. The fourth-order valence-corrected chi connectivity index (χ4v) is 4.50. The van der Waals surface area contributed by atoms with Gasteiger partial charge in [-0.1, -0.05) is 36.4 Å². The Kier molecular flexibility index (Phi) is 6.87. The Balaban J connectivity index is 0.000000370. The van der Waals surface area contributed by atoms with Gasteiger partial charge in [-0.15, -0.1) is 12.6 Å². The molecule has 10 heteroatoms. The summed E-state index contributed by atoms with van der Waals surface area (Å²) in [6, 6.07) is 29.5. The average molecular weight is 470 g/mol. The van der Waals surface area contributed by atoms with Gasteiger partial charge in [0.2, 0.25) is 0 Å². The molecule has 0 spiro atoms. The monoisotopic (exact) mass is 470 g/mol. The molecule has 0 saturated carbocycles. The Labute approximate surface area is 172 Å². The molecule has 0 aliphatic heterocycles. The summed E-state index contributed by atoms with van der Waals surface area (Å²) in [5.41, 5.74) is 0. The maximum Gasteiger partial charge on any atom is 0.166 e. The van der Waals surface area contributed by atoms with E-state index in [9.17, 15) is 25.2 Å². The van der Waals surface area contributed by atoms with E-state index in [2.05, 4.69) is 85.4 Å². The molecular formula is C19H17F6OPS2. The van der Waals surface area contributed by atoms with Gasteiger partial charge in [0.1, 0.15) is 11.7 Å². The number of halogens is 6. The number of thiol groups is 1. The zero-order chi connectivity index (χ0) is 21.6. The molecule has 0 fully saturated rings. The summed E-state index contributed by atoms with van der Waals surface area (Å²) in [5, 5.41) is 0. The number of rotatable bonds is 5. The summed E-state index contributed by atoms with van der Waals surface area (Å²) in [6.45, 7) is 0. The molecule has 0 unspecified atom stereocenters. The van der Waals surface area contributed by atoms with Gasteiger partial charge >= 0.3 is 33.0 Å². The molecule has 0 atom stereocenters. The van der Waals surface area contributed by atoms with E-state index in [-0.39, 0.29) is 10.9 Å².